The molecule has 17 heavy (non-hydrogen) atoms. The van der Waals surface area contributed by atoms with Crippen LogP contribution in [0.1, 0.15) is 38.2 Å². The summed E-state index contributed by atoms with van der Waals surface area (Å²) in [6.45, 7) is 3.96. The number of nitrogens with two attached hydrogens (primary N) is 1. The van der Waals surface area contributed by atoms with E-state index in [2.05, 4.69) is 11.3 Å². The zero-order chi connectivity index (χ0) is 12.1. The fourth-order valence-electron chi connectivity index (χ4n) is 2.36. The summed E-state index contributed by atoms with van der Waals surface area (Å²) < 4.78 is 7.62. The second-order valence-electron chi connectivity index (χ2n) is 5.07. The van der Waals surface area contributed by atoms with Crippen LogP contribution in [0.3, 0.4) is 0 Å². The largest absolute Gasteiger partial charge is 0.378 e. The molecule has 2 heterocycles. The molecule has 2 rings (SSSR count). The molecule has 1 aliphatic rings. The Labute approximate surface area is 103 Å². The Kier molecular flexibility index (Phi) is 4.57. The number of ether oxygens (including phenoxy) is 1. The van der Waals surface area contributed by atoms with E-state index in [-0.39, 0.29) is 6.04 Å². The molecule has 4 nitrogen and oxygen atoms in total. The lowest BCUT2D eigenvalue weighted by molar-refractivity contribution is 0.101. The van der Waals surface area contributed by atoms with Gasteiger partial charge in [0.1, 0.15) is 0 Å². The van der Waals surface area contributed by atoms with E-state index in [1.165, 1.54) is 18.4 Å². The van der Waals surface area contributed by atoms with Gasteiger partial charge in [0.05, 0.1) is 12.3 Å². The number of aryl methyl sites for hydroxylation is 1. The normalized spacial score (nSPS) is 21.9. The average Bonchev–Trinajstić information content (AvgIpc) is 2.89. The molecule has 1 aromatic rings. The van der Waals surface area contributed by atoms with E-state index in [1.807, 2.05) is 17.8 Å². The molecule has 0 aromatic carbocycles. The molecule has 4 heteroatoms. The van der Waals surface area contributed by atoms with Crippen LogP contribution in [0.2, 0.25) is 0 Å². The molecule has 0 radical (unpaired) electrons. The quantitative estimate of drug-likeness (QED) is 0.820. The second kappa shape index (κ2) is 6.17. The van der Waals surface area contributed by atoms with Crippen LogP contribution in [0.5, 0.6) is 0 Å². The number of nitrogens with zero attached hydrogens (tertiary/aromatic N) is 2. The molecule has 2 unspecified atom stereocenters. The van der Waals surface area contributed by atoms with Gasteiger partial charge in [-0.3, -0.25) is 4.68 Å². The first kappa shape index (κ1) is 12.6. The van der Waals surface area contributed by atoms with E-state index in [9.17, 15) is 0 Å². The molecule has 1 aliphatic heterocycles. The van der Waals surface area contributed by atoms with E-state index in [0.717, 1.165) is 32.4 Å². The lowest BCUT2D eigenvalue weighted by atomic mass is 10.1. The van der Waals surface area contributed by atoms with Crippen LogP contribution in [-0.4, -0.2) is 28.5 Å². The average molecular weight is 237 g/mol. The lowest BCUT2D eigenvalue weighted by Gasteiger charge is -2.08. The summed E-state index contributed by atoms with van der Waals surface area (Å²) >= 11 is 0. The third kappa shape index (κ3) is 4.13. The van der Waals surface area contributed by atoms with Gasteiger partial charge in [0.15, 0.2) is 0 Å². The Morgan fingerprint density at radius 1 is 1.65 bits per heavy atom. The number of rotatable bonds is 6. The van der Waals surface area contributed by atoms with Crippen LogP contribution in [0.25, 0.3) is 0 Å². The molecule has 0 bridgehead atoms. The molecule has 1 aromatic heterocycles. The minimum atomic E-state index is 0.208. The van der Waals surface area contributed by atoms with Crippen molar-refractivity contribution >= 4 is 0 Å². The molecule has 0 spiro atoms. The van der Waals surface area contributed by atoms with E-state index in [4.69, 9.17) is 10.5 Å². The van der Waals surface area contributed by atoms with Gasteiger partial charge in [0.25, 0.3) is 0 Å². The maximum atomic E-state index is 5.76. The van der Waals surface area contributed by atoms with Gasteiger partial charge >= 0.3 is 0 Å². The van der Waals surface area contributed by atoms with Gasteiger partial charge in [0, 0.05) is 25.4 Å². The molecule has 1 fully saturated rings. The van der Waals surface area contributed by atoms with Crippen LogP contribution in [-0.2, 0) is 17.7 Å². The zero-order valence-corrected chi connectivity index (χ0v) is 10.6. The highest BCUT2D eigenvalue weighted by atomic mass is 16.5. The number of aromatic nitrogens is 2. The topological polar surface area (TPSA) is 53.1 Å². The zero-order valence-electron chi connectivity index (χ0n) is 10.6. The Morgan fingerprint density at radius 2 is 2.53 bits per heavy atom. The van der Waals surface area contributed by atoms with Crippen molar-refractivity contribution < 1.29 is 4.74 Å². The van der Waals surface area contributed by atoms with Crippen LogP contribution in [0, 0.1) is 0 Å². The van der Waals surface area contributed by atoms with Gasteiger partial charge in [0.2, 0.25) is 0 Å². The van der Waals surface area contributed by atoms with Gasteiger partial charge in [-0.05, 0) is 44.6 Å². The van der Waals surface area contributed by atoms with E-state index in [0.29, 0.717) is 6.10 Å². The highest BCUT2D eigenvalue weighted by Gasteiger charge is 2.14. The van der Waals surface area contributed by atoms with Gasteiger partial charge < -0.3 is 10.5 Å². The molecule has 0 amide bonds. The van der Waals surface area contributed by atoms with Crippen LogP contribution < -0.4 is 5.73 Å². The fourth-order valence-corrected chi connectivity index (χ4v) is 2.36. The van der Waals surface area contributed by atoms with Crippen LogP contribution >= 0.6 is 0 Å². The summed E-state index contributed by atoms with van der Waals surface area (Å²) in [6.07, 6.45) is 10.2. The summed E-state index contributed by atoms with van der Waals surface area (Å²) in [4.78, 5) is 0. The minimum absolute atomic E-state index is 0.208. The summed E-state index contributed by atoms with van der Waals surface area (Å²) in [5, 5.41) is 4.35. The first-order valence-corrected chi connectivity index (χ1v) is 6.62. The first-order chi connectivity index (χ1) is 8.24. The smallest absolute Gasteiger partial charge is 0.0576 e. The molecule has 2 atom stereocenters. The monoisotopic (exact) mass is 237 g/mol. The van der Waals surface area contributed by atoms with Crippen molar-refractivity contribution in [1.82, 2.24) is 9.78 Å². The van der Waals surface area contributed by atoms with Gasteiger partial charge in [-0.1, -0.05) is 0 Å². The van der Waals surface area contributed by atoms with E-state index < -0.39 is 0 Å². The summed E-state index contributed by atoms with van der Waals surface area (Å²) in [5.74, 6) is 0. The van der Waals surface area contributed by atoms with Crippen molar-refractivity contribution in [1.29, 1.82) is 0 Å². The lowest BCUT2D eigenvalue weighted by Crippen LogP contribution is -2.17. The van der Waals surface area contributed by atoms with Crippen molar-refractivity contribution in [3.05, 3.63) is 18.0 Å². The molecular weight excluding hydrogens is 214 g/mol. The second-order valence-corrected chi connectivity index (χ2v) is 5.07. The van der Waals surface area contributed by atoms with Crippen LogP contribution in [0.15, 0.2) is 12.4 Å². The van der Waals surface area contributed by atoms with Crippen molar-refractivity contribution in [2.75, 3.05) is 6.61 Å². The summed E-state index contributed by atoms with van der Waals surface area (Å²) in [5.41, 5.74) is 7.00. The Morgan fingerprint density at radius 3 is 3.24 bits per heavy atom. The maximum Gasteiger partial charge on any atom is 0.0576 e. The first-order valence-electron chi connectivity index (χ1n) is 6.62. The molecule has 0 saturated carbocycles. The standard InChI is InChI=1S/C13H23N3O/c1-11(14)8-12-9-15-16(10-12)6-2-4-13-5-3-7-17-13/h9-11,13H,2-8,14H2,1H3. The fraction of sp³-hybridized carbons (Fsp3) is 0.769. The molecule has 2 N–H and O–H groups in total. The Balaban J connectivity index is 1.69. The molecular formula is C13H23N3O. The molecule has 0 aliphatic carbocycles. The van der Waals surface area contributed by atoms with E-state index >= 15 is 0 Å². The highest BCUT2D eigenvalue weighted by molar-refractivity contribution is 5.05. The molecule has 1 saturated heterocycles. The predicted octanol–water partition coefficient (Wildman–Crippen LogP) is 1.73. The maximum absolute atomic E-state index is 5.76. The van der Waals surface area contributed by atoms with Crippen LogP contribution in [0.4, 0.5) is 0 Å². The van der Waals surface area contributed by atoms with Gasteiger partial charge in [-0.15, -0.1) is 0 Å². The van der Waals surface area contributed by atoms with Crippen molar-refractivity contribution in [2.45, 2.75) is 57.7 Å². The summed E-state index contributed by atoms with van der Waals surface area (Å²) in [6, 6.07) is 0.208. The third-order valence-electron chi connectivity index (χ3n) is 3.18. The van der Waals surface area contributed by atoms with Gasteiger partial charge in [-0.25, -0.2) is 0 Å². The Bertz CT molecular complexity index is 329. The highest BCUT2D eigenvalue weighted by Crippen LogP contribution is 2.17. The Hall–Kier alpha value is -0.870. The third-order valence-corrected chi connectivity index (χ3v) is 3.18. The minimum Gasteiger partial charge on any atom is -0.378 e. The molecule has 96 valence electrons. The SMILES string of the molecule is CC(N)Cc1cnn(CCCC2CCCO2)c1. The van der Waals surface area contributed by atoms with E-state index in [1.54, 1.807) is 0 Å². The van der Waals surface area contributed by atoms with Gasteiger partial charge in [-0.2, -0.15) is 5.10 Å². The predicted molar refractivity (Wildman–Crippen MR) is 67.8 cm³/mol. The van der Waals surface area contributed by atoms with Crippen molar-refractivity contribution in [2.24, 2.45) is 5.73 Å². The number of hydrogen-bond donors (Lipinski definition) is 1. The summed E-state index contributed by atoms with van der Waals surface area (Å²) in [7, 11) is 0. The van der Waals surface area contributed by atoms with Crippen molar-refractivity contribution in [3.8, 4) is 0 Å². The number of hydrogen-bond acceptors (Lipinski definition) is 3. The van der Waals surface area contributed by atoms with Crippen molar-refractivity contribution in [3.63, 3.8) is 0 Å².